The van der Waals surface area contributed by atoms with Crippen molar-refractivity contribution in [3.8, 4) is 0 Å². The van der Waals surface area contributed by atoms with Gasteiger partial charge in [0.15, 0.2) is 5.16 Å². The molecule has 1 fully saturated rings. The van der Waals surface area contributed by atoms with Crippen LogP contribution < -0.4 is 10.5 Å². The summed E-state index contributed by atoms with van der Waals surface area (Å²) >= 11 is 1.55. The van der Waals surface area contributed by atoms with Crippen LogP contribution in [-0.2, 0) is 6.18 Å². The molecule has 0 atom stereocenters. The molecule has 2 aromatic heterocycles. The van der Waals surface area contributed by atoms with Crippen LogP contribution in [0.15, 0.2) is 40.4 Å². The van der Waals surface area contributed by atoms with Crippen molar-refractivity contribution in [2.75, 3.05) is 43.4 Å². The SMILES string of the molecule is O=c1ccnc(SCCCCCN2CCN(c3cccc(C(F)(F)F)n3)CC2)[nH]1. The quantitative estimate of drug-likeness (QED) is 0.396. The Labute approximate surface area is 171 Å². The first-order valence-corrected chi connectivity index (χ1v) is 10.6. The van der Waals surface area contributed by atoms with Crippen LogP contribution >= 0.6 is 11.8 Å². The molecule has 3 heterocycles. The molecular formula is C19H24F3N5OS. The Morgan fingerprint density at radius 1 is 1.07 bits per heavy atom. The summed E-state index contributed by atoms with van der Waals surface area (Å²) in [4.78, 5) is 26.0. The van der Waals surface area contributed by atoms with Gasteiger partial charge in [-0.05, 0) is 31.5 Å². The largest absolute Gasteiger partial charge is 0.433 e. The third-order valence-electron chi connectivity index (χ3n) is 4.73. The van der Waals surface area contributed by atoms with Crippen molar-refractivity contribution in [1.82, 2.24) is 19.9 Å². The van der Waals surface area contributed by atoms with E-state index in [0.717, 1.165) is 50.7 Å². The Balaban J connectivity index is 1.33. The second-order valence-electron chi connectivity index (χ2n) is 6.86. The van der Waals surface area contributed by atoms with E-state index < -0.39 is 11.9 Å². The molecule has 158 valence electrons. The number of thioether (sulfide) groups is 1. The summed E-state index contributed by atoms with van der Waals surface area (Å²) in [6.45, 7) is 3.98. The number of piperazine rings is 1. The molecule has 1 saturated heterocycles. The highest BCUT2D eigenvalue weighted by molar-refractivity contribution is 7.99. The zero-order valence-corrected chi connectivity index (χ0v) is 16.8. The fourth-order valence-electron chi connectivity index (χ4n) is 3.17. The number of aromatic amines is 1. The minimum Gasteiger partial charge on any atom is -0.354 e. The zero-order valence-electron chi connectivity index (χ0n) is 16.0. The maximum Gasteiger partial charge on any atom is 0.433 e. The predicted molar refractivity (Wildman–Crippen MR) is 107 cm³/mol. The normalized spacial score (nSPS) is 15.6. The maximum atomic E-state index is 12.8. The molecule has 29 heavy (non-hydrogen) atoms. The van der Waals surface area contributed by atoms with Gasteiger partial charge in [0, 0.05) is 44.2 Å². The van der Waals surface area contributed by atoms with Gasteiger partial charge in [0.1, 0.15) is 11.5 Å². The molecule has 0 saturated carbocycles. The van der Waals surface area contributed by atoms with Crippen LogP contribution in [-0.4, -0.2) is 58.3 Å². The summed E-state index contributed by atoms with van der Waals surface area (Å²) in [5, 5.41) is 0.650. The number of H-pyrrole nitrogens is 1. The molecule has 0 spiro atoms. The van der Waals surface area contributed by atoms with Gasteiger partial charge in [0.25, 0.3) is 5.56 Å². The van der Waals surface area contributed by atoms with Crippen LogP contribution in [0.25, 0.3) is 0 Å². The molecule has 1 aliphatic rings. The number of pyridine rings is 1. The van der Waals surface area contributed by atoms with Crippen molar-refractivity contribution >= 4 is 17.6 Å². The standard InChI is InChI=1S/C19H24F3N5OS/c20-19(21,22)15-5-4-6-16(24-15)27-12-10-26(11-13-27)9-2-1-3-14-29-18-23-8-7-17(28)25-18/h4-8H,1-3,9-14H2,(H,23,25,28). The number of rotatable bonds is 8. The van der Waals surface area contributed by atoms with Gasteiger partial charge in [0.05, 0.1) is 0 Å². The Hall–Kier alpha value is -2.07. The van der Waals surface area contributed by atoms with Gasteiger partial charge < -0.3 is 9.88 Å². The Morgan fingerprint density at radius 3 is 2.59 bits per heavy atom. The smallest absolute Gasteiger partial charge is 0.354 e. The molecular weight excluding hydrogens is 403 g/mol. The molecule has 6 nitrogen and oxygen atoms in total. The lowest BCUT2D eigenvalue weighted by Gasteiger charge is -2.35. The zero-order chi connectivity index (χ0) is 20.7. The van der Waals surface area contributed by atoms with Gasteiger partial charge in [0.2, 0.25) is 0 Å². The van der Waals surface area contributed by atoms with Gasteiger partial charge >= 0.3 is 6.18 Å². The summed E-state index contributed by atoms with van der Waals surface area (Å²) in [6.07, 6.45) is 0.287. The van der Waals surface area contributed by atoms with E-state index in [-0.39, 0.29) is 5.56 Å². The number of anilines is 1. The van der Waals surface area contributed by atoms with Gasteiger partial charge in [-0.25, -0.2) is 9.97 Å². The average molecular weight is 427 g/mol. The molecule has 3 rings (SSSR count). The Morgan fingerprint density at radius 2 is 1.86 bits per heavy atom. The Bertz CT molecular complexity index is 837. The summed E-state index contributed by atoms with van der Waals surface area (Å²) in [6, 6.07) is 5.45. The van der Waals surface area contributed by atoms with Gasteiger partial charge in [-0.1, -0.05) is 24.2 Å². The van der Waals surface area contributed by atoms with Crippen molar-refractivity contribution in [3.05, 3.63) is 46.5 Å². The van der Waals surface area contributed by atoms with Crippen LogP contribution in [0.1, 0.15) is 25.0 Å². The number of hydrogen-bond donors (Lipinski definition) is 1. The van der Waals surface area contributed by atoms with Crippen molar-refractivity contribution < 1.29 is 13.2 Å². The molecule has 0 radical (unpaired) electrons. The molecule has 0 aromatic carbocycles. The van der Waals surface area contributed by atoms with Crippen molar-refractivity contribution in [1.29, 1.82) is 0 Å². The Kier molecular flexibility index (Phi) is 7.54. The summed E-state index contributed by atoms with van der Waals surface area (Å²) < 4.78 is 38.5. The number of alkyl halides is 3. The van der Waals surface area contributed by atoms with Crippen LogP contribution in [0.4, 0.5) is 19.0 Å². The first-order valence-electron chi connectivity index (χ1n) is 9.61. The minimum absolute atomic E-state index is 0.137. The molecule has 0 unspecified atom stereocenters. The fraction of sp³-hybridized carbons (Fsp3) is 0.526. The second-order valence-corrected chi connectivity index (χ2v) is 7.94. The van der Waals surface area contributed by atoms with Crippen LogP contribution in [0.2, 0.25) is 0 Å². The topological polar surface area (TPSA) is 65.1 Å². The average Bonchev–Trinajstić information content (AvgIpc) is 2.70. The van der Waals surface area contributed by atoms with E-state index in [1.165, 1.54) is 18.3 Å². The van der Waals surface area contributed by atoms with Crippen LogP contribution in [0.3, 0.4) is 0 Å². The number of hydrogen-bond acceptors (Lipinski definition) is 6. The van der Waals surface area contributed by atoms with Crippen molar-refractivity contribution in [3.63, 3.8) is 0 Å². The van der Waals surface area contributed by atoms with Crippen LogP contribution in [0.5, 0.6) is 0 Å². The molecule has 2 aromatic rings. The highest BCUT2D eigenvalue weighted by Gasteiger charge is 2.33. The lowest BCUT2D eigenvalue weighted by molar-refractivity contribution is -0.141. The molecule has 1 N–H and O–H groups in total. The van der Waals surface area contributed by atoms with Gasteiger partial charge in [-0.2, -0.15) is 13.2 Å². The third-order valence-corrected chi connectivity index (χ3v) is 5.70. The minimum atomic E-state index is -4.41. The summed E-state index contributed by atoms with van der Waals surface area (Å²) in [5.74, 6) is 1.30. The van der Waals surface area contributed by atoms with E-state index in [4.69, 9.17) is 0 Å². The van der Waals surface area contributed by atoms with E-state index >= 15 is 0 Å². The first-order chi connectivity index (χ1) is 13.9. The highest BCUT2D eigenvalue weighted by atomic mass is 32.2. The van der Waals surface area contributed by atoms with Crippen LogP contribution in [0, 0.1) is 0 Å². The van der Waals surface area contributed by atoms with E-state index in [1.807, 2.05) is 4.90 Å². The number of nitrogens with zero attached hydrogens (tertiary/aromatic N) is 4. The van der Waals surface area contributed by atoms with E-state index in [2.05, 4.69) is 19.9 Å². The summed E-state index contributed by atoms with van der Waals surface area (Å²) in [7, 11) is 0. The summed E-state index contributed by atoms with van der Waals surface area (Å²) in [5.41, 5.74) is -0.980. The number of aromatic nitrogens is 3. The van der Waals surface area contributed by atoms with E-state index in [0.29, 0.717) is 24.1 Å². The number of halogens is 3. The fourth-order valence-corrected chi connectivity index (χ4v) is 4.02. The van der Waals surface area contributed by atoms with E-state index in [9.17, 15) is 18.0 Å². The van der Waals surface area contributed by atoms with E-state index in [1.54, 1.807) is 17.8 Å². The van der Waals surface area contributed by atoms with Gasteiger partial charge in [-0.3, -0.25) is 9.69 Å². The molecule has 0 aliphatic carbocycles. The first kappa shape index (κ1) is 21.6. The molecule has 0 amide bonds. The second kappa shape index (κ2) is 10.1. The van der Waals surface area contributed by atoms with Gasteiger partial charge in [-0.15, -0.1) is 0 Å². The molecule has 10 heteroatoms. The maximum absolute atomic E-state index is 12.8. The number of unbranched alkanes of at least 4 members (excludes halogenated alkanes) is 2. The monoisotopic (exact) mass is 427 g/mol. The number of nitrogens with one attached hydrogen (secondary N) is 1. The highest BCUT2D eigenvalue weighted by Crippen LogP contribution is 2.29. The predicted octanol–water partition coefficient (Wildman–Crippen LogP) is 3.27. The molecule has 1 aliphatic heterocycles. The third kappa shape index (κ3) is 6.74. The lowest BCUT2D eigenvalue weighted by Crippen LogP contribution is -2.47. The van der Waals surface area contributed by atoms with Crippen molar-refractivity contribution in [2.24, 2.45) is 0 Å². The molecule has 0 bridgehead atoms. The van der Waals surface area contributed by atoms with Crippen molar-refractivity contribution in [2.45, 2.75) is 30.6 Å². The lowest BCUT2D eigenvalue weighted by atomic mass is 10.2.